The zero-order valence-electron chi connectivity index (χ0n) is 7.60. The van der Waals surface area contributed by atoms with Gasteiger partial charge in [-0.1, -0.05) is 0 Å². The summed E-state index contributed by atoms with van der Waals surface area (Å²) in [7, 11) is -1.32. The molecule has 0 spiro atoms. The van der Waals surface area contributed by atoms with Crippen LogP contribution in [0.3, 0.4) is 0 Å². The standard InChI is InChI=1S/C9H8F3NOS/c10-9(11,12)6-1-2-7-8(5-6)15(14)4-3-13-7/h1-2,5,13H,3-4H2. The molecule has 0 fully saturated rings. The molecule has 1 atom stereocenters. The van der Waals surface area contributed by atoms with Crippen molar-refractivity contribution in [1.82, 2.24) is 0 Å². The van der Waals surface area contributed by atoms with Gasteiger partial charge in [-0.05, 0) is 18.2 Å². The molecule has 0 bridgehead atoms. The van der Waals surface area contributed by atoms with Gasteiger partial charge < -0.3 is 5.32 Å². The number of hydrogen-bond donors (Lipinski definition) is 1. The fourth-order valence-corrected chi connectivity index (χ4v) is 2.57. The lowest BCUT2D eigenvalue weighted by molar-refractivity contribution is -0.137. The topological polar surface area (TPSA) is 29.1 Å². The van der Waals surface area contributed by atoms with Crippen LogP contribution in [0.5, 0.6) is 0 Å². The minimum atomic E-state index is -4.38. The van der Waals surface area contributed by atoms with E-state index in [4.69, 9.17) is 0 Å². The molecule has 6 heteroatoms. The van der Waals surface area contributed by atoms with Gasteiger partial charge in [0.15, 0.2) is 0 Å². The average molecular weight is 235 g/mol. The summed E-state index contributed by atoms with van der Waals surface area (Å²) in [6, 6.07) is 3.28. The molecule has 15 heavy (non-hydrogen) atoms. The summed E-state index contributed by atoms with van der Waals surface area (Å²) < 4.78 is 48.6. The van der Waals surface area contributed by atoms with E-state index in [9.17, 15) is 17.4 Å². The second kappa shape index (κ2) is 3.52. The summed E-state index contributed by atoms with van der Waals surface area (Å²) in [6.45, 7) is 0.533. The first kappa shape index (κ1) is 10.5. The molecule has 0 saturated heterocycles. The quantitative estimate of drug-likeness (QED) is 0.747. The second-order valence-electron chi connectivity index (χ2n) is 3.19. The molecule has 0 saturated carbocycles. The van der Waals surface area contributed by atoms with Gasteiger partial charge in [-0.25, -0.2) is 0 Å². The van der Waals surface area contributed by atoms with E-state index in [1.807, 2.05) is 0 Å². The Bertz CT molecular complexity index is 416. The van der Waals surface area contributed by atoms with E-state index in [2.05, 4.69) is 5.32 Å². The van der Waals surface area contributed by atoms with Gasteiger partial charge in [0.05, 0.1) is 26.9 Å². The lowest BCUT2D eigenvalue weighted by Gasteiger charge is -2.18. The molecule has 82 valence electrons. The lowest BCUT2D eigenvalue weighted by atomic mass is 10.2. The van der Waals surface area contributed by atoms with Crippen molar-refractivity contribution in [3.63, 3.8) is 0 Å². The normalized spacial score (nSPS) is 20.6. The first-order chi connectivity index (χ1) is 6.98. The van der Waals surface area contributed by atoms with Gasteiger partial charge in [0.1, 0.15) is 0 Å². The second-order valence-corrected chi connectivity index (χ2v) is 4.72. The van der Waals surface area contributed by atoms with Crippen LogP contribution in [0.25, 0.3) is 0 Å². The van der Waals surface area contributed by atoms with E-state index in [0.717, 1.165) is 12.1 Å². The van der Waals surface area contributed by atoms with Crippen LogP contribution in [0, 0.1) is 0 Å². The van der Waals surface area contributed by atoms with Crippen molar-refractivity contribution in [1.29, 1.82) is 0 Å². The van der Waals surface area contributed by atoms with Gasteiger partial charge in [0, 0.05) is 12.3 Å². The highest BCUT2D eigenvalue weighted by molar-refractivity contribution is 7.85. The Morgan fingerprint density at radius 1 is 1.33 bits per heavy atom. The van der Waals surface area contributed by atoms with Crippen molar-refractivity contribution >= 4 is 16.5 Å². The van der Waals surface area contributed by atoms with Crippen LogP contribution in [-0.4, -0.2) is 16.5 Å². The average Bonchev–Trinajstić information content (AvgIpc) is 2.16. The highest BCUT2D eigenvalue weighted by Crippen LogP contribution is 2.33. The number of benzene rings is 1. The summed E-state index contributed by atoms with van der Waals surface area (Å²) in [5.74, 6) is 0.355. The van der Waals surface area contributed by atoms with Crippen molar-refractivity contribution in [2.24, 2.45) is 0 Å². The van der Waals surface area contributed by atoms with Crippen LogP contribution in [0.1, 0.15) is 5.56 Å². The first-order valence-corrected chi connectivity index (χ1v) is 5.64. The molecular formula is C9H8F3NOS. The van der Waals surface area contributed by atoms with Gasteiger partial charge in [-0.2, -0.15) is 13.2 Å². The van der Waals surface area contributed by atoms with Crippen LogP contribution >= 0.6 is 0 Å². The molecule has 0 aromatic heterocycles. The zero-order valence-corrected chi connectivity index (χ0v) is 8.41. The van der Waals surface area contributed by atoms with Crippen molar-refractivity contribution in [2.75, 3.05) is 17.6 Å². The summed E-state index contributed by atoms with van der Waals surface area (Å²) in [5.41, 5.74) is -0.217. The molecule has 2 rings (SSSR count). The molecule has 1 aromatic rings. The monoisotopic (exact) mass is 235 g/mol. The van der Waals surface area contributed by atoms with Gasteiger partial charge >= 0.3 is 6.18 Å². The summed E-state index contributed by atoms with van der Waals surface area (Å²) in [6.07, 6.45) is -4.38. The number of nitrogens with one attached hydrogen (secondary N) is 1. The lowest BCUT2D eigenvalue weighted by Crippen LogP contribution is -2.19. The fourth-order valence-electron chi connectivity index (χ4n) is 1.42. The SMILES string of the molecule is O=S1CCNc2ccc(C(F)(F)F)cc21. The van der Waals surface area contributed by atoms with Crippen molar-refractivity contribution in [3.05, 3.63) is 23.8 Å². The third-order valence-corrected chi connectivity index (χ3v) is 3.56. The van der Waals surface area contributed by atoms with E-state index in [0.29, 0.717) is 18.0 Å². The zero-order chi connectivity index (χ0) is 11.1. The maximum absolute atomic E-state index is 12.4. The molecule has 1 N–H and O–H groups in total. The Morgan fingerprint density at radius 3 is 2.73 bits per heavy atom. The van der Waals surface area contributed by atoms with Crippen LogP contribution < -0.4 is 5.32 Å². The number of alkyl halides is 3. The van der Waals surface area contributed by atoms with Gasteiger partial charge in [-0.3, -0.25) is 4.21 Å². The highest BCUT2D eigenvalue weighted by Gasteiger charge is 2.32. The van der Waals surface area contributed by atoms with Crippen LogP contribution in [0.4, 0.5) is 18.9 Å². The van der Waals surface area contributed by atoms with Crippen LogP contribution in [0.15, 0.2) is 23.1 Å². The van der Waals surface area contributed by atoms with Gasteiger partial charge in [0.2, 0.25) is 0 Å². The van der Waals surface area contributed by atoms with E-state index in [1.165, 1.54) is 6.07 Å². The molecule has 1 heterocycles. The molecule has 1 unspecified atom stereocenters. The minimum absolute atomic E-state index is 0.246. The molecule has 0 amide bonds. The van der Waals surface area contributed by atoms with Crippen LogP contribution in [0.2, 0.25) is 0 Å². The number of fused-ring (bicyclic) bond motifs is 1. The minimum Gasteiger partial charge on any atom is -0.383 e. The molecule has 0 radical (unpaired) electrons. The largest absolute Gasteiger partial charge is 0.416 e. The van der Waals surface area contributed by atoms with Gasteiger partial charge in [0.25, 0.3) is 0 Å². The Labute approximate surface area is 86.9 Å². The third-order valence-electron chi connectivity index (χ3n) is 2.16. The summed E-state index contributed by atoms with van der Waals surface area (Å²) >= 11 is 0. The molecule has 1 aliphatic heterocycles. The predicted octanol–water partition coefficient (Wildman–Crippen LogP) is 2.24. The third kappa shape index (κ3) is 1.99. The maximum Gasteiger partial charge on any atom is 0.416 e. The summed E-state index contributed by atoms with van der Waals surface area (Å²) in [5, 5.41) is 2.91. The Morgan fingerprint density at radius 2 is 2.07 bits per heavy atom. The maximum atomic E-state index is 12.4. The van der Waals surface area contributed by atoms with Crippen molar-refractivity contribution in [2.45, 2.75) is 11.1 Å². The Kier molecular flexibility index (Phi) is 2.46. The highest BCUT2D eigenvalue weighted by atomic mass is 32.2. The molecular weight excluding hydrogens is 227 g/mol. The smallest absolute Gasteiger partial charge is 0.383 e. The van der Waals surface area contributed by atoms with Crippen molar-refractivity contribution in [3.8, 4) is 0 Å². The van der Waals surface area contributed by atoms with Crippen LogP contribution in [-0.2, 0) is 17.0 Å². The first-order valence-electron chi connectivity index (χ1n) is 4.32. The van der Waals surface area contributed by atoms with E-state index in [1.54, 1.807) is 0 Å². The molecule has 1 aromatic carbocycles. The van der Waals surface area contributed by atoms with E-state index < -0.39 is 22.5 Å². The number of hydrogen-bond acceptors (Lipinski definition) is 2. The van der Waals surface area contributed by atoms with Gasteiger partial charge in [-0.15, -0.1) is 0 Å². The number of rotatable bonds is 0. The van der Waals surface area contributed by atoms with E-state index in [-0.39, 0.29) is 4.90 Å². The number of anilines is 1. The summed E-state index contributed by atoms with van der Waals surface area (Å²) in [4.78, 5) is 0.246. The van der Waals surface area contributed by atoms with Crippen molar-refractivity contribution < 1.29 is 17.4 Å². The molecule has 0 aliphatic carbocycles. The fraction of sp³-hybridized carbons (Fsp3) is 0.333. The Balaban J connectivity index is 2.49. The predicted molar refractivity (Wildman–Crippen MR) is 51.2 cm³/mol. The Hall–Kier alpha value is -1.04. The number of halogens is 3. The molecule has 2 nitrogen and oxygen atoms in total. The molecule has 1 aliphatic rings. The van der Waals surface area contributed by atoms with E-state index >= 15 is 0 Å².